The fourth-order valence-corrected chi connectivity index (χ4v) is 5.64. The van der Waals surface area contributed by atoms with E-state index >= 15 is 0 Å². The summed E-state index contributed by atoms with van der Waals surface area (Å²) in [5, 5.41) is 7.46. The van der Waals surface area contributed by atoms with Crippen LogP contribution in [0.15, 0.2) is 67.0 Å². The Hall–Kier alpha value is -3.30. The van der Waals surface area contributed by atoms with Gasteiger partial charge in [0.2, 0.25) is 11.8 Å². The number of aromatic nitrogens is 2. The van der Waals surface area contributed by atoms with Crippen LogP contribution in [0.5, 0.6) is 5.75 Å². The quantitative estimate of drug-likeness (QED) is 0.521. The second-order valence-corrected chi connectivity index (χ2v) is 9.84. The van der Waals surface area contributed by atoms with Crippen LogP contribution in [0, 0.1) is 0 Å². The summed E-state index contributed by atoms with van der Waals surface area (Å²) in [6, 6.07) is 17.0. The lowest BCUT2D eigenvalue weighted by Crippen LogP contribution is -2.69. The molecule has 8 nitrogen and oxygen atoms in total. The first-order chi connectivity index (χ1) is 17.1. The van der Waals surface area contributed by atoms with Crippen LogP contribution < -0.4 is 10.1 Å². The SMILES string of the molecule is COc1ccccc1-n1cc(CN2CCN3C(=O)[C@H](CSCc4ccccc4)NC(=O)[C@H]3C2)cn1. The highest BCUT2D eigenvalue weighted by atomic mass is 32.2. The van der Waals surface area contributed by atoms with Gasteiger partial charge in [-0.05, 0) is 17.7 Å². The highest BCUT2D eigenvalue weighted by Gasteiger charge is 2.43. The first-order valence-electron chi connectivity index (χ1n) is 11.7. The van der Waals surface area contributed by atoms with E-state index in [0.29, 0.717) is 25.4 Å². The average molecular weight is 492 g/mol. The lowest BCUT2D eigenvalue weighted by atomic mass is 10.0. The molecule has 0 spiro atoms. The Morgan fingerprint density at radius 1 is 1.06 bits per heavy atom. The van der Waals surface area contributed by atoms with Gasteiger partial charge in [-0.2, -0.15) is 16.9 Å². The van der Waals surface area contributed by atoms with Crippen molar-refractivity contribution in [2.75, 3.05) is 32.5 Å². The van der Waals surface area contributed by atoms with Crippen LogP contribution in [-0.2, 0) is 21.9 Å². The van der Waals surface area contributed by atoms with Crippen LogP contribution in [0.3, 0.4) is 0 Å². The summed E-state index contributed by atoms with van der Waals surface area (Å²) < 4.78 is 7.25. The lowest BCUT2D eigenvalue weighted by Gasteiger charge is -2.45. The minimum Gasteiger partial charge on any atom is -0.494 e. The van der Waals surface area contributed by atoms with E-state index in [4.69, 9.17) is 4.74 Å². The van der Waals surface area contributed by atoms with Crippen molar-refractivity contribution < 1.29 is 14.3 Å². The van der Waals surface area contributed by atoms with Crippen LogP contribution >= 0.6 is 11.8 Å². The average Bonchev–Trinajstić information content (AvgIpc) is 3.35. The van der Waals surface area contributed by atoms with Gasteiger partial charge in [-0.3, -0.25) is 14.5 Å². The Balaban J connectivity index is 1.17. The molecule has 9 heteroatoms. The molecule has 0 bridgehead atoms. The minimum absolute atomic E-state index is 0.0267. The molecule has 0 radical (unpaired) electrons. The Labute approximate surface area is 209 Å². The second kappa shape index (κ2) is 10.5. The van der Waals surface area contributed by atoms with Crippen molar-refractivity contribution in [1.82, 2.24) is 24.9 Å². The minimum atomic E-state index is -0.460. The third kappa shape index (κ3) is 5.21. The molecule has 3 heterocycles. The second-order valence-electron chi connectivity index (χ2n) is 8.81. The molecule has 1 aromatic heterocycles. The molecule has 1 N–H and O–H groups in total. The van der Waals surface area contributed by atoms with Crippen molar-refractivity contribution in [2.24, 2.45) is 0 Å². The molecular formula is C26H29N5O3S. The number of fused-ring (bicyclic) bond motifs is 1. The number of methoxy groups -OCH3 is 1. The Morgan fingerprint density at radius 2 is 1.86 bits per heavy atom. The monoisotopic (exact) mass is 491 g/mol. The number of piperazine rings is 2. The summed E-state index contributed by atoms with van der Waals surface area (Å²) >= 11 is 1.67. The summed E-state index contributed by atoms with van der Waals surface area (Å²) in [6.07, 6.45) is 3.82. The van der Waals surface area contributed by atoms with Crippen molar-refractivity contribution in [3.63, 3.8) is 0 Å². The van der Waals surface area contributed by atoms with E-state index in [0.717, 1.165) is 29.3 Å². The van der Waals surface area contributed by atoms with E-state index < -0.39 is 12.1 Å². The number of para-hydroxylation sites is 2. The van der Waals surface area contributed by atoms with Gasteiger partial charge in [0.1, 0.15) is 23.5 Å². The molecule has 2 atom stereocenters. The lowest BCUT2D eigenvalue weighted by molar-refractivity contribution is -0.152. The largest absolute Gasteiger partial charge is 0.494 e. The number of ether oxygens (including phenoxy) is 1. The highest BCUT2D eigenvalue weighted by molar-refractivity contribution is 7.98. The molecule has 5 rings (SSSR count). The van der Waals surface area contributed by atoms with Crippen LogP contribution in [0.25, 0.3) is 5.69 Å². The van der Waals surface area contributed by atoms with Gasteiger partial charge in [0, 0.05) is 49.4 Å². The van der Waals surface area contributed by atoms with Crippen LogP contribution in [0.1, 0.15) is 11.1 Å². The molecule has 2 aliphatic heterocycles. The number of carbonyl (C=O) groups is 2. The number of hydrogen-bond donors (Lipinski definition) is 1. The summed E-state index contributed by atoms with van der Waals surface area (Å²) in [6.45, 7) is 2.45. The maximum atomic E-state index is 13.1. The van der Waals surface area contributed by atoms with E-state index in [2.05, 4.69) is 27.4 Å². The first-order valence-corrected chi connectivity index (χ1v) is 12.9. The third-order valence-corrected chi connectivity index (χ3v) is 7.54. The van der Waals surface area contributed by atoms with Gasteiger partial charge in [-0.25, -0.2) is 4.68 Å². The fraction of sp³-hybridized carbons (Fsp3) is 0.346. The molecule has 35 heavy (non-hydrogen) atoms. The Kier molecular flexibility index (Phi) is 7.06. The van der Waals surface area contributed by atoms with E-state index in [9.17, 15) is 9.59 Å². The number of benzene rings is 2. The molecule has 0 aliphatic carbocycles. The number of nitrogens with one attached hydrogen (secondary N) is 1. The summed E-state index contributed by atoms with van der Waals surface area (Å²) in [7, 11) is 1.64. The van der Waals surface area contributed by atoms with Gasteiger partial charge >= 0.3 is 0 Å². The van der Waals surface area contributed by atoms with Crippen molar-refractivity contribution in [1.29, 1.82) is 0 Å². The normalized spacial score (nSPS) is 20.4. The van der Waals surface area contributed by atoms with Gasteiger partial charge in [-0.15, -0.1) is 0 Å². The van der Waals surface area contributed by atoms with E-state index in [1.165, 1.54) is 5.56 Å². The summed E-state index contributed by atoms with van der Waals surface area (Å²) in [5.41, 5.74) is 3.13. The smallest absolute Gasteiger partial charge is 0.246 e. The van der Waals surface area contributed by atoms with Crippen LogP contribution in [0.4, 0.5) is 0 Å². The van der Waals surface area contributed by atoms with Gasteiger partial charge in [0.25, 0.3) is 0 Å². The van der Waals surface area contributed by atoms with Crippen molar-refractivity contribution in [2.45, 2.75) is 24.4 Å². The van der Waals surface area contributed by atoms with Crippen molar-refractivity contribution in [3.8, 4) is 11.4 Å². The zero-order valence-corrected chi connectivity index (χ0v) is 20.5. The number of amides is 2. The number of nitrogens with zero attached hydrogens (tertiary/aromatic N) is 4. The fourth-order valence-electron chi connectivity index (χ4n) is 4.63. The third-order valence-electron chi connectivity index (χ3n) is 6.44. The molecule has 182 valence electrons. The molecule has 2 aliphatic rings. The Bertz CT molecular complexity index is 1180. The van der Waals surface area contributed by atoms with E-state index in [1.807, 2.05) is 54.9 Å². The maximum absolute atomic E-state index is 13.1. The zero-order chi connectivity index (χ0) is 24.2. The van der Waals surface area contributed by atoms with Crippen molar-refractivity contribution >= 4 is 23.6 Å². The van der Waals surface area contributed by atoms with Gasteiger partial charge in [0.05, 0.1) is 13.3 Å². The Morgan fingerprint density at radius 3 is 2.69 bits per heavy atom. The number of thioether (sulfide) groups is 1. The molecule has 3 aromatic rings. The predicted molar refractivity (Wildman–Crippen MR) is 135 cm³/mol. The standard InChI is InChI=1S/C26H29N5O3S/c1-34-24-10-6-5-9-22(24)31-15-20(13-27-31)14-29-11-12-30-23(16-29)25(32)28-21(26(30)33)18-35-17-19-7-3-2-4-8-19/h2-10,13,15,21,23H,11-12,14,16-18H2,1H3,(H,28,32)/t21-,23+/m0/s1. The number of carbonyl (C=O) groups excluding carboxylic acids is 2. The predicted octanol–water partition coefficient (Wildman–Crippen LogP) is 2.33. The molecule has 2 aromatic carbocycles. The van der Waals surface area contributed by atoms with Crippen LogP contribution in [-0.4, -0.2) is 76.0 Å². The first kappa shape index (κ1) is 23.4. The number of hydrogen-bond acceptors (Lipinski definition) is 6. The van der Waals surface area contributed by atoms with E-state index in [1.54, 1.807) is 28.5 Å². The molecule has 0 unspecified atom stereocenters. The van der Waals surface area contributed by atoms with E-state index in [-0.39, 0.29) is 11.8 Å². The molecule has 2 amide bonds. The van der Waals surface area contributed by atoms with Gasteiger partial charge in [-0.1, -0.05) is 42.5 Å². The molecule has 2 saturated heterocycles. The van der Waals surface area contributed by atoms with Gasteiger partial charge < -0.3 is 15.0 Å². The molecule has 2 fully saturated rings. The van der Waals surface area contributed by atoms with Crippen molar-refractivity contribution in [3.05, 3.63) is 78.1 Å². The summed E-state index contributed by atoms with van der Waals surface area (Å²) in [5.74, 6) is 2.11. The van der Waals surface area contributed by atoms with Crippen LogP contribution in [0.2, 0.25) is 0 Å². The number of rotatable bonds is 8. The van der Waals surface area contributed by atoms with Gasteiger partial charge in [0.15, 0.2) is 0 Å². The zero-order valence-electron chi connectivity index (χ0n) is 19.7. The summed E-state index contributed by atoms with van der Waals surface area (Å²) in [4.78, 5) is 30.0. The molecular weight excluding hydrogens is 462 g/mol. The molecule has 0 saturated carbocycles. The maximum Gasteiger partial charge on any atom is 0.246 e. The highest BCUT2D eigenvalue weighted by Crippen LogP contribution is 2.23. The topological polar surface area (TPSA) is 79.7 Å².